The van der Waals surface area contributed by atoms with E-state index in [2.05, 4.69) is 10.6 Å². The molecule has 0 aromatic carbocycles. The van der Waals surface area contributed by atoms with Gasteiger partial charge in [-0.2, -0.15) is 0 Å². The third-order valence-corrected chi connectivity index (χ3v) is 2.09. The van der Waals surface area contributed by atoms with Crippen LogP contribution in [-0.2, 0) is 9.53 Å². The molecule has 2 N–H and O–H groups in total. The lowest BCUT2D eigenvalue weighted by molar-refractivity contribution is -0.128. The van der Waals surface area contributed by atoms with E-state index in [4.69, 9.17) is 4.74 Å². The number of carbonyl (C=O) groups is 2. The maximum Gasteiger partial charge on any atom is 0.407 e. The Balaban J connectivity index is 3.51. The average Bonchev–Trinajstić information content (AvgIpc) is 2.23. The van der Waals surface area contributed by atoms with Crippen LogP contribution in [-0.4, -0.2) is 31.7 Å². The van der Waals surface area contributed by atoms with Crippen molar-refractivity contribution in [3.8, 4) is 0 Å². The Morgan fingerprint density at radius 2 is 1.71 bits per heavy atom. The molecule has 100 valence electrons. The van der Waals surface area contributed by atoms with Crippen molar-refractivity contribution in [1.29, 1.82) is 0 Å². The lowest BCUT2D eigenvalue weighted by Gasteiger charge is -2.17. The number of amides is 2. The van der Waals surface area contributed by atoms with Crippen molar-refractivity contribution in [3.05, 3.63) is 0 Å². The van der Waals surface area contributed by atoms with Gasteiger partial charge >= 0.3 is 6.09 Å². The molecule has 5 heteroatoms. The minimum absolute atomic E-state index is 0.0290. The predicted octanol–water partition coefficient (Wildman–Crippen LogP) is 1.68. The molecule has 0 aromatic rings. The largest absolute Gasteiger partial charge is 0.450 e. The van der Waals surface area contributed by atoms with Crippen molar-refractivity contribution < 1.29 is 14.3 Å². The van der Waals surface area contributed by atoms with E-state index in [-0.39, 0.29) is 5.91 Å². The van der Waals surface area contributed by atoms with Gasteiger partial charge < -0.3 is 15.4 Å². The first-order chi connectivity index (χ1) is 7.88. The summed E-state index contributed by atoms with van der Waals surface area (Å²) in [5.41, 5.74) is -0.401. The maximum atomic E-state index is 11.5. The van der Waals surface area contributed by atoms with Gasteiger partial charge in [0.15, 0.2) is 0 Å². The van der Waals surface area contributed by atoms with Gasteiger partial charge in [0.05, 0.1) is 6.61 Å². The fourth-order valence-corrected chi connectivity index (χ4v) is 0.966. The minimum atomic E-state index is -0.427. The molecule has 0 aliphatic rings. The smallest absolute Gasteiger partial charge is 0.407 e. The molecule has 0 heterocycles. The molecule has 0 aliphatic carbocycles. The van der Waals surface area contributed by atoms with Gasteiger partial charge in [-0.1, -0.05) is 34.1 Å². The van der Waals surface area contributed by atoms with Crippen LogP contribution in [0, 0.1) is 5.41 Å². The molecular formula is C12H24N2O3. The normalized spacial score (nSPS) is 10.8. The average molecular weight is 244 g/mol. The summed E-state index contributed by atoms with van der Waals surface area (Å²) in [6.45, 7) is 8.80. The number of hydrogen-bond acceptors (Lipinski definition) is 3. The Morgan fingerprint density at radius 1 is 1.12 bits per heavy atom. The van der Waals surface area contributed by atoms with E-state index in [0.29, 0.717) is 19.7 Å². The van der Waals surface area contributed by atoms with Gasteiger partial charge in [0.25, 0.3) is 0 Å². The van der Waals surface area contributed by atoms with Crippen molar-refractivity contribution in [1.82, 2.24) is 10.6 Å². The SMILES string of the molecule is CCCCOC(=O)NCCNC(=O)C(C)(C)C. The fourth-order valence-electron chi connectivity index (χ4n) is 0.966. The molecule has 0 rings (SSSR count). The van der Waals surface area contributed by atoms with Crippen molar-refractivity contribution in [3.63, 3.8) is 0 Å². The Morgan fingerprint density at radius 3 is 2.24 bits per heavy atom. The van der Waals surface area contributed by atoms with Crippen LogP contribution in [0.5, 0.6) is 0 Å². The summed E-state index contributed by atoms with van der Waals surface area (Å²) < 4.78 is 4.89. The summed E-state index contributed by atoms with van der Waals surface area (Å²) in [7, 11) is 0. The third kappa shape index (κ3) is 8.54. The molecule has 0 unspecified atom stereocenters. The van der Waals surface area contributed by atoms with Gasteiger partial charge in [-0.15, -0.1) is 0 Å². The zero-order chi connectivity index (χ0) is 13.3. The summed E-state index contributed by atoms with van der Waals surface area (Å²) in [5, 5.41) is 5.31. The van der Waals surface area contributed by atoms with Crippen LogP contribution >= 0.6 is 0 Å². The minimum Gasteiger partial charge on any atom is -0.450 e. The van der Waals surface area contributed by atoms with Gasteiger partial charge in [-0.05, 0) is 6.42 Å². The molecule has 0 atom stereocenters. The topological polar surface area (TPSA) is 67.4 Å². The molecule has 0 spiro atoms. The zero-order valence-electron chi connectivity index (χ0n) is 11.3. The molecule has 5 nitrogen and oxygen atoms in total. The summed E-state index contributed by atoms with van der Waals surface area (Å²) >= 11 is 0. The summed E-state index contributed by atoms with van der Waals surface area (Å²) in [6.07, 6.45) is 1.44. The highest BCUT2D eigenvalue weighted by Gasteiger charge is 2.20. The molecule has 0 aliphatic heterocycles. The first kappa shape index (κ1) is 15.7. The predicted molar refractivity (Wildman–Crippen MR) is 66.7 cm³/mol. The van der Waals surface area contributed by atoms with Crippen molar-refractivity contribution in [2.45, 2.75) is 40.5 Å². The highest BCUT2D eigenvalue weighted by molar-refractivity contribution is 5.81. The number of rotatable bonds is 6. The molecular weight excluding hydrogens is 220 g/mol. The first-order valence-corrected chi connectivity index (χ1v) is 6.07. The van der Waals surface area contributed by atoms with E-state index >= 15 is 0 Å². The second kappa shape index (κ2) is 7.92. The fraction of sp³-hybridized carbons (Fsp3) is 0.833. The lowest BCUT2D eigenvalue weighted by atomic mass is 9.96. The Hall–Kier alpha value is -1.26. The Labute approximate surface area is 103 Å². The van der Waals surface area contributed by atoms with Crippen LogP contribution in [0.2, 0.25) is 0 Å². The van der Waals surface area contributed by atoms with Crippen LogP contribution in [0.3, 0.4) is 0 Å². The molecule has 0 aromatic heterocycles. The molecule has 0 bridgehead atoms. The second-order valence-electron chi connectivity index (χ2n) is 4.92. The Kier molecular flexibility index (Phi) is 7.34. The van der Waals surface area contributed by atoms with E-state index in [0.717, 1.165) is 12.8 Å². The van der Waals surface area contributed by atoms with Crippen molar-refractivity contribution in [2.24, 2.45) is 5.41 Å². The number of unbranched alkanes of at least 4 members (excludes halogenated alkanes) is 1. The first-order valence-electron chi connectivity index (χ1n) is 6.07. The molecule has 0 radical (unpaired) electrons. The monoisotopic (exact) mass is 244 g/mol. The molecule has 17 heavy (non-hydrogen) atoms. The van der Waals surface area contributed by atoms with Gasteiger partial charge in [0.2, 0.25) is 5.91 Å². The van der Waals surface area contributed by atoms with Crippen LogP contribution in [0.15, 0.2) is 0 Å². The van der Waals surface area contributed by atoms with Crippen molar-refractivity contribution in [2.75, 3.05) is 19.7 Å². The number of nitrogens with one attached hydrogen (secondary N) is 2. The number of carbonyl (C=O) groups excluding carboxylic acids is 2. The summed E-state index contributed by atoms with van der Waals surface area (Å²) in [6, 6.07) is 0. The van der Waals surface area contributed by atoms with E-state index in [1.54, 1.807) is 0 Å². The van der Waals surface area contributed by atoms with Gasteiger partial charge in [-0.25, -0.2) is 4.79 Å². The van der Waals surface area contributed by atoms with E-state index in [9.17, 15) is 9.59 Å². The molecule has 2 amide bonds. The quantitative estimate of drug-likeness (QED) is 0.698. The van der Waals surface area contributed by atoms with E-state index < -0.39 is 11.5 Å². The van der Waals surface area contributed by atoms with E-state index in [1.165, 1.54) is 0 Å². The highest BCUT2D eigenvalue weighted by Crippen LogP contribution is 2.11. The standard InChI is InChI=1S/C12H24N2O3/c1-5-6-9-17-11(16)14-8-7-13-10(15)12(2,3)4/h5-9H2,1-4H3,(H,13,15)(H,14,16). The summed E-state index contributed by atoms with van der Waals surface area (Å²) in [4.78, 5) is 22.6. The maximum absolute atomic E-state index is 11.5. The lowest BCUT2D eigenvalue weighted by Crippen LogP contribution is -2.40. The van der Waals surface area contributed by atoms with Gasteiger partial charge in [-0.3, -0.25) is 4.79 Å². The van der Waals surface area contributed by atoms with Crippen LogP contribution < -0.4 is 10.6 Å². The third-order valence-electron chi connectivity index (χ3n) is 2.09. The van der Waals surface area contributed by atoms with Gasteiger partial charge in [0.1, 0.15) is 0 Å². The number of ether oxygens (including phenoxy) is 1. The van der Waals surface area contributed by atoms with Crippen LogP contribution in [0.25, 0.3) is 0 Å². The van der Waals surface area contributed by atoms with E-state index in [1.807, 2.05) is 27.7 Å². The number of hydrogen-bond donors (Lipinski definition) is 2. The second-order valence-corrected chi connectivity index (χ2v) is 4.92. The zero-order valence-corrected chi connectivity index (χ0v) is 11.3. The van der Waals surface area contributed by atoms with Crippen LogP contribution in [0.4, 0.5) is 4.79 Å². The molecule has 0 fully saturated rings. The summed E-state index contributed by atoms with van der Waals surface area (Å²) in [5.74, 6) is -0.0290. The Bertz CT molecular complexity index is 247. The highest BCUT2D eigenvalue weighted by atomic mass is 16.5. The van der Waals surface area contributed by atoms with Crippen LogP contribution in [0.1, 0.15) is 40.5 Å². The van der Waals surface area contributed by atoms with Gasteiger partial charge in [0, 0.05) is 18.5 Å². The van der Waals surface area contributed by atoms with Crippen molar-refractivity contribution >= 4 is 12.0 Å². The number of alkyl carbamates (subject to hydrolysis) is 1. The molecule has 0 saturated heterocycles. The molecule has 0 saturated carbocycles.